The van der Waals surface area contributed by atoms with Crippen molar-refractivity contribution >= 4 is 17.7 Å². The number of para-hydroxylation sites is 2. The van der Waals surface area contributed by atoms with Crippen LogP contribution in [-0.2, 0) is 4.79 Å². The molecule has 2 aromatic carbocycles. The molecule has 0 aliphatic carbocycles. The van der Waals surface area contributed by atoms with Crippen molar-refractivity contribution in [2.24, 2.45) is 0 Å². The van der Waals surface area contributed by atoms with Gasteiger partial charge in [0.25, 0.3) is 0 Å². The molecule has 0 saturated carbocycles. The second kappa shape index (κ2) is 8.53. The Kier molecular flexibility index (Phi) is 5.91. The standard InChI is InChI=1S/C19H19N3O3S/c1-3-24-16-6-4-5-7-17(16)25-18(23)12-26-19-21-20-13-22(19)15-10-8-14(2)9-11-15/h4-11,13H,3,12H2,1-2H3. The Morgan fingerprint density at radius 2 is 1.85 bits per heavy atom. The van der Waals surface area contributed by atoms with Crippen molar-refractivity contribution in [1.82, 2.24) is 14.8 Å². The summed E-state index contributed by atoms with van der Waals surface area (Å²) in [4.78, 5) is 12.2. The lowest BCUT2D eigenvalue weighted by Gasteiger charge is -2.10. The molecule has 134 valence electrons. The summed E-state index contributed by atoms with van der Waals surface area (Å²) in [7, 11) is 0. The number of ether oxygens (including phenoxy) is 2. The fourth-order valence-electron chi connectivity index (χ4n) is 2.29. The number of benzene rings is 2. The third kappa shape index (κ3) is 4.43. The fourth-order valence-corrected chi connectivity index (χ4v) is 2.99. The fraction of sp³-hybridized carbons (Fsp3) is 0.211. The number of aromatic nitrogens is 3. The molecular weight excluding hydrogens is 350 g/mol. The van der Waals surface area contributed by atoms with E-state index in [0.717, 1.165) is 5.69 Å². The third-order valence-corrected chi connectivity index (χ3v) is 4.44. The van der Waals surface area contributed by atoms with Crippen molar-refractivity contribution < 1.29 is 14.3 Å². The highest BCUT2D eigenvalue weighted by atomic mass is 32.2. The summed E-state index contributed by atoms with van der Waals surface area (Å²) >= 11 is 1.27. The molecule has 6 nitrogen and oxygen atoms in total. The van der Waals surface area contributed by atoms with Crippen LogP contribution in [0, 0.1) is 6.92 Å². The van der Waals surface area contributed by atoms with Gasteiger partial charge in [0.2, 0.25) is 0 Å². The molecule has 1 aromatic heterocycles. The van der Waals surface area contributed by atoms with Crippen LogP contribution >= 0.6 is 11.8 Å². The number of esters is 1. The van der Waals surface area contributed by atoms with Crippen LogP contribution in [0.15, 0.2) is 60.0 Å². The van der Waals surface area contributed by atoms with E-state index in [1.807, 2.05) is 48.7 Å². The van der Waals surface area contributed by atoms with E-state index < -0.39 is 0 Å². The molecule has 0 saturated heterocycles. The van der Waals surface area contributed by atoms with Crippen LogP contribution in [0.3, 0.4) is 0 Å². The molecule has 7 heteroatoms. The normalized spacial score (nSPS) is 10.5. The molecule has 0 atom stereocenters. The summed E-state index contributed by atoms with van der Waals surface area (Å²) in [6, 6.07) is 15.1. The SMILES string of the molecule is CCOc1ccccc1OC(=O)CSc1nncn1-c1ccc(C)cc1. The minimum absolute atomic E-state index is 0.116. The average Bonchev–Trinajstić information content (AvgIpc) is 3.11. The van der Waals surface area contributed by atoms with Crippen LogP contribution in [0.1, 0.15) is 12.5 Å². The van der Waals surface area contributed by atoms with Gasteiger partial charge in [0, 0.05) is 5.69 Å². The van der Waals surface area contributed by atoms with Gasteiger partial charge in [-0.1, -0.05) is 41.6 Å². The highest BCUT2D eigenvalue weighted by molar-refractivity contribution is 7.99. The Bertz CT molecular complexity index is 878. The molecular formula is C19H19N3O3S. The van der Waals surface area contributed by atoms with Crippen LogP contribution in [0.5, 0.6) is 11.5 Å². The van der Waals surface area contributed by atoms with Gasteiger partial charge in [-0.15, -0.1) is 10.2 Å². The van der Waals surface area contributed by atoms with E-state index >= 15 is 0 Å². The first-order valence-electron chi connectivity index (χ1n) is 8.19. The minimum atomic E-state index is -0.374. The van der Waals surface area contributed by atoms with Crippen LogP contribution in [0.4, 0.5) is 0 Å². The second-order valence-corrected chi connectivity index (χ2v) is 6.40. The summed E-state index contributed by atoms with van der Waals surface area (Å²) in [6.07, 6.45) is 1.63. The van der Waals surface area contributed by atoms with E-state index in [2.05, 4.69) is 10.2 Å². The molecule has 0 unspecified atom stereocenters. The van der Waals surface area contributed by atoms with Gasteiger partial charge in [-0.25, -0.2) is 0 Å². The van der Waals surface area contributed by atoms with Crippen LogP contribution < -0.4 is 9.47 Å². The Morgan fingerprint density at radius 1 is 1.12 bits per heavy atom. The molecule has 3 rings (SSSR count). The highest BCUT2D eigenvalue weighted by Crippen LogP contribution is 2.27. The zero-order valence-electron chi connectivity index (χ0n) is 14.6. The number of carbonyl (C=O) groups is 1. The highest BCUT2D eigenvalue weighted by Gasteiger charge is 2.13. The summed E-state index contributed by atoms with van der Waals surface area (Å²) in [5.41, 5.74) is 2.12. The zero-order valence-corrected chi connectivity index (χ0v) is 15.4. The molecule has 0 amide bonds. The average molecular weight is 369 g/mol. The van der Waals surface area contributed by atoms with Gasteiger partial charge in [-0.2, -0.15) is 0 Å². The molecule has 0 spiro atoms. The number of carbonyl (C=O) groups excluding carboxylic acids is 1. The third-order valence-electron chi connectivity index (χ3n) is 3.52. The monoisotopic (exact) mass is 369 g/mol. The van der Waals surface area contributed by atoms with Crippen molar-refractivity contribution in [3.63, 3.8) is 0 Å². The second-order valence-electron chi connectivity index (χ2n) is 5.46. The summed E-state index contributed by atoms with van der Waals surface area (Å²) in [5, 5.41) is 8.65. The summed E-state index contributed by atoms with van der Waals surface area (Å²) in [6.45, 7) is 4.41. The first-order chi connectivity index (χ1) is 12.7. The van der Waals surface area contributed by atoms with Gasteiger partial charge in [0.1, 0.15) is 6.33 Å². The van der Waals surface area contributed by atoms with Gasteiger partial charge >= 0.3 is 5.97 Å². The van der Waals surface area contributed by atoms with Crippen molar-refractivity contribution in [3.05, 3.63) is 60.4 Å². The molecule has 0 fully saturated rings. The number of aryl methyl sites for hydroxylation is 1. The van der Waals surface area contributed by atoms with E-state index in [1.54, 1.807) is 24.5 Å². The van der Waals surface area contributed by atoms with Crippen molar-refractivity contribution in [2.45, 2.75) is 19.0 Å². The van der Waals surface area contributed by atoms with Crippen molar-refractivity contribution in [3.8, 4) is 17.2 Å². The van der Waals surface area contributed by atoms with Gasteiger partial charge in [-0.05, 0) is 38.1 Å². The molecule has 0 aliphatic rings. The predicted molar refractivity (Wildman–Crippen MR) is 100 cm³/mol. The quantitative estimate of drug-likeness (QED) is 0.360. The van der Waals surface area contributed by atoms with Gasteiger partial charge < -0.3 is 9.47 Å². The lowest BCUT2D eigenvalue weighted by Crippen LogP contribution is -2.12. The van der Waals surface area contributed by atoms with E-state index in [1.165, 1.54) is 17.3 Å². The number of rotatable bonds is 7. The number of hydrogen-bond acceptors (Lipinski definition) is 6. The Balaban J connectivity index is 1.64. The van der Waals surface area contributed by atoms with E-state index in [9.17, 15) is 4.79 Å². The summed E-state index contributed by atoms with van der Waals surface area (Å²) < 4.78 is 12.7. The maximum absolute atomic E-state index is 12.2. The summed E-state index contributed by atoms with van der Waals surface area (Å²) in [5.74, 6) is 0.710. The molecule has 0 N–H and O–H groups in total. The Hall–Kier alpha value is -2.80. The maximum atomic E-state index is 12.2. The maximum Gasteiger partial charge on any atom is 0.321 e. The zero-order chi connectivity index (χ0) is 18.4. The van der Waals surface area contributed by atoms with E-state index in [0.29, 0.717) is 23.3 Å². The molecule has 0 aliphatic heterocycles. The van der Waals surface area contributed by atoms with Crippen LogP contribution in [0.2, 0.25) is 0 Å². The van der Waals surface area contributed by atoms with E-state index in [-0.39, 0.29) is 11.7 Å². The number of thioether (sulfide) groups is 1. The van der Waals surface area contributed by atoms with E-state index in [4.69, 9.17) is 9.47 Å². The molecule has 1 heterocycles. The van der Waals surface area contributed by atoms with Gasteiger partial charge in [0.05, 0.1) is 12.4 Å². The molecule has 0 bridgehead atoms. The predicted octanol–water partition coefficient (Wildman–Crippen LogP) is 3.67. The number of hydrogen-bond donors (Lipinski definition) is 0. The van der Waals surface area contributed by atoms with Gasteiger partial charge in [-0.3, -0.25) is 9.36 Å². The van der Waals surface area contributed by atoms with Crippen LogP contribution in [-0.4, -0.2) is 33.1 Å². The largest absolute Gasteiger partial charge is 0.490 e. The van der Waals surface area contributed by atoms with Crippen molar-refractivity contribution in [1.29, 1.82) is 0 Å². The molecule has 3 aromatic rings. The Labute approximate surface area is 156 Å². The van der Waals surface area contributed by atoms with Crippen LogP contribution in [0.25, 0.3) is 5.69 Å². The first kappa shape index (κ1) is 18.0. The molecule has 26 heavy (non-hydrogen) atoms. The van der Waals surface area contributed by atoms with Gasteiger partial charge in [0.15, 0.2) is 16.7 Å². The number of nitrogens with zero attached hydrogens (tertiary/aromatic N) is 3. The molecule has 0 radical (unpaired) electrons. The minimum Gasteiger partial charge on any atom is -0.490 e. The Morgan fingerprint density at radius 3 is 2.58 bits per heavy atom. The van der Waals surface area contributed by atoms with Crippen molar-refractivity contribution in [2.75, 3.05) is 12.4 Å². The topological polar surface area (TPSA) is 66.2 Å². The lowest BCUT2D eigenvalue weighted by atomic mass is 10.2. The first-order valence-corrected chi connectivity index (χ1v) is 9.18. The smallest absolute Gasteiger partial charge is 0.321 e. The lowest BCUT2D eigenvalue weighted by molar-refractivity contribution is -0.131.